The van der Waals surface area contributed by atoms with Gasteiger partial charge in [0.2, 0.25) is 0 Å². The molecule has 0 radical (unpaired) electrons. The van der Waals surface area contributed by atoms with E-state index in [4.69, 9.17) is 15.2 Å². The van der Waals surface area contributed by atoms with E-state index in [1.807, 2.05) is 30.3 Å². The molecule has 0 saturated heterocycles. The zero-order chi connectivity index (χ0) is 19.2. The Hall–Kier alpha value is -2.73. The Morgan fingerprint density at radius 2 is 1.89 bits per heavy atom. The van der Waals surface area contributed by atoms with Crippen LogP contribution in [0.5, 0.6) is 11.5 Å². The maximum atomic E-state index is 11.7. The Morgan fingerprint density at radius 3 is 2.59 bits per heavy atom. The Labute approximate surface area is 163 Å². The van der Waals surface area contributed by atoms with E-state index in [-0.39, 0.29) is 11.1 Å². The van der Waals surface area contributed by atoms with Gasteiger partial charge in [0.05, 0.1) is 4.91 Å². The summed E-state index contributed by atoms with van der Waals surface area (Å²) in [6.07, 6.45) is 2.74. The summed E-state index contributed by atoms with van der Waals surface area (Å²) in [4.78, 5) is 15.9. The molecule has 0 spiro atoms. The molecule has 1 heterocycles. The number of carbonyl (C=O) groups excluding carboxylic acids is 1. The molecule has 0 aromatic heterocycles. The molecule has 2 N–H and O–H groups in total. The summed E-state index contributed by atoms with van der Waals surface area (Å²) >= 11 is 1.18. The Morgan fingerprint density at radius 1 is 1.11 bits per heavy atom. The number of amides is 1. The van der Waals surface area contributed by atoms with Gasteiger partial charge in [-0.15, -0.1) is 0 Å². The highest BCUT2D eigenvalue weighted by molar-refractivity contribution is 8.18. The number of aliphatic imine (C=N–C) groups is 1. The van der Waals surface area contributed by atoms with Gasteiger partial charge in [-0.05, 0) is 72.1 Å². The third-order valence-electron chi connectivity index (χ3n) is 3.93. The van der Waals surface area contributed by atoms with Crippen LogP contribution in [0.25, 0.3) is 6.08 Å². The quantitative estimate of drug-likeness (QED) is 0.580. The van der Waals surface area contributed by atoms with Gasteiger partial charge in [-0.25, -0.2) is 0 Å². The van der Waals surface area contributed by atoms with Crippen LogP contribution in [0.3, 0.4) is 0 Å². The van der Waals surface area contributed by atoms with Crippen LogP contribution in [0, 0.1) is 6.92 Å². The molecule has 1 amide bonds. The number of benzene rings is 2. The first-order chi connectivity index (χ1) is 13.0. The van der Waals surface area contributed by atoms with Crippen molar-refractivity contribution in [2.75, 3.05) is 13.2 Å². The van der Waals surface area contributed by atoms with E-state index < -0.39 is 0 Å². The molecular weight excluding hydrogens is 360 g/mol. The summed E-state index contributed by atoms with van der Waals surface area (Å²) in [6, 6.07) is 13.8. The Bertz CT molecular complexity index is 906. The van der Waals surface area contributed by atoms with Crippen LogP contribution in [0.4, 0.5) is 0 Å². The van der Waals surface area contributed by atoms with Crippen molar-refractivity contribution in [3.8, 4) is 11.5 Å². The lowest BCUT2D eigenvalue weighted by molar-refractivity contribution is -0.113. The van der Waals surface area contributed by atoms with Gasteiger partial charge in [-0.1, -0.05) is 25.1 Å². The van der Waals surface area contributed by atoms with Crippen LogP contribution >= 0.6 is 11.8 Å². The molecule has 27 heavy (non-hydrogen) atoms. The first-order valence-electron chi connectivity index (χ1n) is 8.78. The number of thioether (sulfide) groups is 1. The Balaban J connectivity index is 1.54. The van der Waals surface area contributed by atoms with E-state index in [2.05, 4.69) is 31.0 Å². The molecule has 0 atom stereocenters. The molecule has 5 nitrogen and oxygen atoms in total. The molecule has 0 bridgehead atoms. The molecule has 0 fully saturated rings. The number of amidine groups is 1. The van der Waals surface area contributed by atoms with Crippen LogP contribution in [0.1, 0.15) is 23.6 Å². The molecule has 0 unspecified atom stereocenters. The van der Waals surface area contributed by atoms with Gasteiger partial charge in [-0.3, -0.25) is 4.79 Å². The molecule has 1 aliphatic heterocycles. The molecule has 1 aliphatic rings. The predicted octanol–water partition coefficient (Wildman–Crippen LogP) is 3.94. The van der Waals surface area contributed by atoms with Crippen LogP contribution in [0.15, 0.2) is 52.4 Å². The molecule has 140 valence electrons. The van der Waals surface area contributed by atoms with Crippen molar-refractivity contribution in [2.24, 2.45) is 10.7 Å². The monoisotopic (exact) mass is 382 g/mol. The fourth-order valence-electron chi connectivity index (χ4n) is 2.70. The smallest absolute Gasteiger partial charge is 0.286 e. The van der Waals surface area contributed by atoms with Crippen molar-refractivity contribution >= 4 is 28.9 Å². The minimum Gasteiger partial charge on any atom is -0.490 e. The standard InChI is InChI=1S/C21H22N2O3S/c1-3-15-9-14(2)10-18(11-15)26-8-7-25-17-6-4-5-16(12-17)13-19-20(24)23-21(22)27-19/h4-6,9-13H,3,7-8H2,1-2H3,(H2,22,23,24). The average molecular weight is 382 g/mol. The van der Waals surface area contributed by atoms with Crippen LogP contribution in [0.2, 0.25) is 0 Å². The maximum Gasteiger partial charge on any atom is 0.286 e. The number of hydrogen-bond donors (Lipinski definition) is 1. The summed E-state index contributed by atoms with van der Waals surface area (Å²) in [5, 5.41) is 0.276. The first-order valence-corrected chi connectivity index (χ1v) is 9.59. The molecule has 0 aliphatic carbocycles. The lowest BCUT2D eigenvalue weighted by Gasteiger charge is -2.10. The van der Waals surface area contributed by atoms with Gasteiger partial charge in [-0.2, -0.15) is 4.99 Å². The van der Waals surface area contributed by atoms with E-state index >= 15 is 0 Å². The molecule has 2 aromatic carbocycles. The third-order valence-corrected chi connectivity index (χ3v) is 4.75. The normalized spacial score (nSPS) is 15.1. The minimum atomic E-state index is -0.304. The highest BCUT2D eigenvalue weighted by atomic mass is 32.2. The lowest BCUT2D eigenvalue weighted by Crippen LogP contribution is -2.09. The third kappa shape index (κ3) is 5.37. The van der Waals surface area contributed by atoms with E-state index in [0.717, 1.165) is 23.5 Å². The van der Waals surface area contributed by atoms with Crippen molar-refractivity contribution in [2.45, 2.75) is 20.3 Å². The van der Waals surface area contributed by atoms with Gasteiger partial charge < -0.3 is 15.2 Å². The Kier molecular flexibility index (Phi) is 6.19. The van der Waals surface area contributed by atoms with Gasteiger partial charge >= 0.3 is 0 Å². The minimum absolute atomic E-state index is 0.276. The molecular formula is C21H22N2O3S. The SMILES string of the molecule is CCc1cc(C)cc(OCCOc2cccc(C=C3SC(N)=NC3=O)c2)c1. The molecule has 3 rings (SSSR count). The van der Waals surface area contributed by atoms with Crippen LogP contribution in [-0.2, 0) is 11.2 Å². The summed E-state index contributed by atoms with van der Waals surface area (Å²) in [7, 11) is 0. The van der Waals surface area contributed by atoms with Crippen molar-refractivity contribution in [3.05, 3.63) is 64.1 Å². The van der Waals surface area contributed by atoms with Crippen molar-refractivity contribution in [1.82, 2.24) is 0 Å². The number of nitrogens with two attached hydrogens (primary N) is 1. The second kappa shape index (κ2) is 8.77. The van der Waals surface area contributed by atoms with Crippen LogP contribution in [-0.4, -0.2) is 24.3 Å². The summed E-state index contributed by atoms with van der Waals surface area (Å²) in [5.74, 6) is 1.28. The predicted molar refractivity (Wildman–Crippen MR) is 110 cm³/mol. The van der Waals surface area contributed by atoms with E-state index in [9.17, 15) is 4.79 Å². The van der Waals surface area contributed by atoms with Gasteiger partial charge in [0.15, 0.2) is 5.17 Å². The molecule has 0 saturated carbocycles. The number of rotatable bonds is 7. The van der Waals surface area contributed by atoms with E-state index in [0.29, 0.717) is 18.1 Å². The second-order valence-electron chi connectivity index (χ2n) is 6.14. The lowest BCUT2D eigenvalue weighted by atomic mass is 10.1. The average Bonchev–Trinajstić information content (AvgIpc) is 2.95. The zero-order valence-corrected chi connectivity index (χ0v) is 16.2. The fourth-order valence-corrected chi connectivity index (χ4v) is 3.38. The maximum absolute atomic E-state index is 11.7. The second-order valence-corrected chi connectivity index (χ2v) is 7.21. The van der Waals surface area contributed by atoms with Gasteiger partial charge in [0, 0.05) is 0 Å². The number of nitrogens with zero attached hydrogens (tertiary/aromatic N) is 1. The van der Waals surface area contributed by atoms with Crippen LogP contribution < -0.4 is 15.2 Å². The number of ether oxygens (including phenoxy) is 2. The van der Waals surface area contributed by atoms with Crippen molar-refractivity contribution in [3.63, 3.8) is 0 Å². The summed E-state index contributed by atoms with van der Waals surface area (Å²) in [6.45, 7) is 5.08. The highest BCUT2D eigenvalue weighted by Crippen LogP contribution is 2.27. The first kappa shape index (κ1) is 19.0. The van der Waals surface area contributed by atoms with Crippen molar-refractivity contribution in [1.29, 1.82) is 0 Å². The number of aryl methyl sites for hydroxylation is 2. The molecule has 2 aromatic rings. The largest absolute Gasteiger partial charge is 0.490 e. The number of carbonyl (C=O) groups is 1. The van der Waals surface area contributed by atoms with Gasteiger partial charge in [0.1, 0.15) is 24.7 Å². The highest BCUT2D eigenvalue weighted by Gasteiger charge is 2.19. The topological polar surface area (TPSA) is 73.9 Å². The van der Waals surface area contributed by atoms with Gasteiger partial charge in [0.25, 0.3) is 5.91 Å². The number of hydrogen-bond acceptors (Lipinski definition) is 5. The van der Waals surface area contributed by atoms with Crippen molar-refractivity contribution < 1.29 is 14.3 Å². The zero-order valence-electron chi connectivity index (χ0n) is 15.4. The summed E-state index contributed by atoms with van der Waals surface area (Å²) < 4.78 is 11.6. The molecule has 6 heteroatoms. The van der Waals surface area contributed by atoms with E-state index in [1.54, 1.807) is 6.08 Å². The summed E-state index contributed by atoms with van der Waals surface area (Å²) in [5.41, 5.74) is 8.88. The van der Waals surface area contributed by atoms with E-state index in [1.165, 1.54) is 22.9 Å². The fraction of sp³-hybridized carbons (Fsp3) is 0.238.